The molecule has 0 saturated carbocycles. The fraction of sp³-hybridized carbons (Fsp3) is 0.417. The topological polar surface area (TPSA) is 77.6 Å². The normalized spacial score (nSPS) is 12.7. The number of fused-ring (bicyclic) bond motifs is 1. The summed E-state index contributed by atoms with van der Waals surface area (Å²) in [4.78, 5) is 30.1. The molecule has 0 spiro atoms. The predicted octanol–water partition coefficient (Wildman–Crippen LogP) is 4.16. The Labute approximate surface area is 214 Å². The zero-order chi connectivity index (χ0) is 26.3. The van der Waals surface area contributed by atoms with Gasteiger partial charge in [-0.05, 0) is 24.8 Å². The van der Waals surface area contributed by atoms with Crippen molar-refractivity contribution in [3.8, 4) is 11.3 Å². The summed E-state index contributed by atoms with van der Waals surface area (Å²) in [5.74, 6) is 4.55. The van der Waals surface area contributed by atoms with Gasteiger partial charge in [-0.3, -0.25) is 14.0 Å². The third kappa shape index (κ3) is 8.21. The number of amides is 1. The van der Waals surface area contributed by atoms with Gasteiger partial charge >= 0.3 is 6.18 Å². The van der Waals surface area contributed by atoms with Gasteiger partial charge in [-0.15, -0.1) is 0 Å². The van der Waals surface area contributed by atoms with Gasteiger partial charge in [0.15, 0.2) is 0 Å². The van der Waals surface area contributed by atoms with E-state index in [-0.39, 0.29) is 53.7 Å². The van der Waals surface area contributed by atoms with Gasteiger partial charge in [-0.2, -0.15) is 23.7 Å². The number of ether oxygens (including phenoxy) is 1. The van der Waals surface area contributed by atoms with Crippen molar-refractivity contribution in [2.75, 3.05) is 31.8 Å². The second-order valence-electron chi connectivity index (χ2n) is 8.30. The lowest BCUT2D eigenvalue weighted by Crippen LogP contribution is -2.32. The van der Waals surface area contributed by atoms with E-state index in [0.717, 1.165) is 5.75 Å². The Morgan fingerprint density at radius 2 is 1.94 bits per heavy atom. The molecule has 0 aliphatic heterocycles. The van der Waals surface area contributed by atoms with Crippen LogP contribution in [0.2, 0.25) is 5.02 Å². The maximum absolute atomic E-state index is 13.1. The second-order valence-corrected chi connectivity index (χ2v) is 10.7. The van der Waals surface area contributed by atoms with Crippen LogP contribution >= 0.6 is 22.1 Å². The molecule has 1 N–H and O–H groups in total. The highest BCUT2D eigenvalue weighted by Crippen LogP contribution is 2.23. The standard InChI is InChI=1S/C24H28ClF3N4O3S/c1-36(2)13-12-35-11-9-29-21(33)14-18-15-31(10-3-8-24(26,27)28)23-30-20(16-32(23)22(18)34)17-4-6-19(25)7-5-17/h4-7,15-16H,1,3,8-14H2,2H3,(H,29,33). The molecule has 0 aliphatic carbocycles. The van der Waals surface area contributed by atoms with Gasteiger partial charge in [-0.25, -0.2) is 4.98 Å². The summed E-state index contributed by atoms with van der Waals surface area (Å²) < 4.78 is 46.4. The van der Waals surface area contributed by atoms with Gasteiger partial charge in [0, 0.05) is 53.8 Å². The van der Waals surface area contributed by atoms with Gasteiger partial charge in [0.1, 0.15) is 0 Å². The Bertz CT molecular complexity index is 1270. The summed E-state index contributed by atoms with van der Waals surface area (Å²) in [6.45, 7) is 1.14. The number of benzene rings is 1. The monoisotopic (exact) mass is 544 g/mol. The van der Waals surface area contributed by atoms with Crippen LogP contribution in [0, 0.1) is 0 Å². The first-order valence-electron chi connectivity index (χ1n) is 11.2. The van der Waals surface area contributed by atoms with Crippen molar-refractivity contribution in [1.82, 2.24) is 19.3 Å². The van der Waals surface area contributed by atoms with E-state index in [0.29, 0.717) is 29.5 Å². The van der Waals surface area contributed by atoms with Crippen LogP contribution in [0.25, 0.3) is 17.0 Å². The number of alkyl halides is 3. The maximum atomic E-state index is 13.1. The summed E-state index contributed by atoms with van der Waals surface area (Å²) in [5, 5.41) is 3.23. The Morgan fingerprint density at radius 3 is 2.61 bits per heavy atom. The molecule has 2 heterocycles. The number of imidazole rings is 1. The summed E-state index contributed by atoms with van der Waals surface area (Å²) in [6.07, 6.45) is -0.744. The minimum Gasteiger partial charge on any atom is -0.379 e. The molecular weight excluding hydrogens is 517 g/mol. The van der Waals surface area contributed by atoms with E-state index in [9.17, 15) is 22.8 Å². The molecular formula is C24H28ClF3N4O3S. The molecule has 36 heavy (non-hydrogen) atoms. The minimum atomic E-state index is -4.30. The second kappa shape index (κ2) is 12.6. The molecule has 1 unspecified atom stereocenters. The van der Waals surface area contributed by atoms with Crippen LogP contribution in [-0.4, -0.2) is 63.7 Å². The van der Waals surface area contributed by atoms with Gasteiger partial charge in [0.05, 0.1) is 25.3 Å². The van der Waals surface area contributed by atoms with Gasteiger partial charge in [-0.1, -0.05) is 29.6 Å². The maximum Gasteiger partial charge on any atom is 0.389 e. The number of rotatable bonds is 12. The molecule has 12 heteroatoms. The average molecular weight is 545 g/mol. The Morgan fingerprint density at radius 1 is 1.22 bits per heavy atom. The minimum absolute atomic E-state index is 0.0197. The van der Waals surface area contributed by atoms with Crippen molar-refractivity contribution in [2.45, 2.75) is 32.0 Å². The average Bonchev–Trinajstić information content (AvgIpc) is 3.24. The van der Waals surface area contributed by atoms with Crippen molar-refractivity contribution in [2.24, 2.45) is 0 Å². The lowest BCUT2D eigenvalue weighted by Gasteiger charge is -2.12. The molecule has 0 saturated heterocycles. The quantitative estimate of drug-likeness (QED) is 0.274. The lowest BCUT2D eigenvalue weighted by molar-refractivity contribution is -0.135. The van der Waals surface area contributed by atoms with Crippen molar-refractivity contribution in [3.05, 3.63) is 57.6 Å². The number of aromatic nitrogens is 3. The van der Waals surface area contributed by atoms with Crippen molar-refractivity contribution >= 4 is 39.6 Å². The highest BCUT2D eigenvalue weighted by Gasteiger charge is 2.26. The molecule has 0 fully saturated rings. The van der Waals surface area contributed by atoms with E-state index >= 15 is 0 Å². The van der Waals surface area contributed by atoms with Gasteiger partial charge in [0.2, 0.25) is 11.7 Å². The predicted molar refractivity (Wildman–Crippen MR) is 138 cm³/mol. The lowest BCUT2D eigenvalue weighted by atomic mass is 10.2. The van der Waals surface area contributed by atoms with Crippen LogP contribution < -0.4 is 10.9 Å². The first-order chi connectivity index (χ1) is 17.0. The highest BCUT2D eigenvalue weighted by atomic mass is 35.5. The SMILES string of the molecule is C=S(C)CCOCCNC(=O)Cc1cn(CCCC(F)(F)F)c2nc(-c3ccc(Cl)cc3)cn2c1=O. The van der Waals surface area contributed by atoms with Crippen LogP contribution in [0.4, 0.5) is 13.2 Å². The Hall–Kier alpha value is -2.63. The molecule has 0 aliphatic rings. The first kappa shape index (κ1) is 27.9. The van der Waals surface area contributed by atoms with Gasteiger partial charge < -0.3 is 14.6 Å². The molecule has 1 atom stereocenters. The van der Waals surface area contributed by atoms with Crippen molar-refractivity contribution in [3.63, 3.8) is 0 Å². The van der Waals surface area contributed by atoms with E-state index in [1.54, 1.807) is 24.3 Å². The summed E-state index contributed by atoms with van der Waals surface area (Å²) in [6, 6.07) is 6.82. The molecule has 196 valence electrons. The molecule has 2 aromatic heterocycles. The molecule has 3 rings (SSSR count). The zero-order valence-corrected chi connectivity index (χ0v) is 21.4. The smallest absolute Gasteiger partial charge is 0.379 e. The van der Waals surface area contributed by atoms with Crippen LogP contribution in [-0.2, 0) is 22.5 Å². The third-order valence-corrected chi connectivity index (χ3v) is 6.36. The number of aryl methyl sites for hydroxylation is 1. The fourth-order valence-corrected chi connectivity index (χ4v) is 4.00. The first-order valence-corrected chi connectivity index (χ1v) is 13.6. The van der Waals surface area contributed by atoms with E-state index in [1.807, 2.05) is 6.26 Å². The molecule has 0 bridgehead atoms. The number of nitrogens with one attached hydrogen (secondary N) is 1. The zero-order valence-electron chi connectivity index (χ0n) is 19.8. The molecule has 7 nitrogen and oxygen atoms in total. The van der Waals surface area contributed by atoms with Crippen molar-refractivity contribution < 1.29 is 22.7 Å². The number of hydrogen-bond acceptors (Lipinski definition) is 4. The Balaban J connectivity index is 1.81. The summed E-state index contributed by atoms with van der Waals surface area (Å²) in [7, 11) is 0.0324. The van der Waals surface area contributed by atoms with Crippen LogP contribution in [0.3, 0.4) is 0 Å². The van der Waals surface area contributed by atoms with E-state index < -0.39 is 18.2 Å². The number of nitrogens with zero attached hydrogens (tertiary/aromatic N) is 3. The number of halogens is 4. The van der Waals surface area contributed by atoms with Crippen LogP contribution in [0.15, 0.2) is 41.5 Å². The third-order valence-electron chi connectivity index (χ3n) is 5.24. The summed E-state index contributed by atoms with van der Waals surface area (Å²) in [5.41, 5.74) is 0.850. The van der Waals surface area contributed by atoms with E-state index in [4.69, 9.17) is 16.3 Å². The number of hydrogen-bond donors (Lipinski definition) is 1. The fourth-order valence-electron chi connectivity index (χ4n) is 3.48. The van der Waals surface area contributed by atoms with E-state index in [2.05, 4.69) is 16.2 Å². The largest absolute Gasteiger partial charge is 0.389 e. The molecule has 3 aromatic rings. The van der Waals surface area contributed by atoms with Crippen LogP contribution in [0.1, 0.15) is 18.4 Å². The molecule has 1 amide bonds. The highest BCUT2D eigenvalue weighted by molar-refractivity contribution is 8.13. The van der Waals surface area contributed by atoms with E-state index in [1.165, 1.54) is 21.4 Å². The number of carbonyl (C=O) groups is 1. The Kier molecular flexibility index (Phi) is 9.75. The molecule has 1 aromatic carbocycles. The van der Waals surface area contributed by atoms with Gasteiger partial charge in [0.25, 0.3) is 5.56 Å². The van der Waals surface area contributed by atoms with Crippen LogP contribution in [0.5, 0.6) is 0 Å². The molecule has 0 radical (unpaired) electrons. The summed E-state index contributed by atoms with van der Waals surface area (Å²) >= 11 is 5.95. The number of carbonyl (C=O) groups excluding carboxylic acids is 1. The van der Waals surface area contributed by atoms with Crippen molar-refractivity contribution in [1.29, 1.82) is 0 Å².